The fourth-order valence-corrected chi connectivity index (χ4v) is 3.57. The molecule has 0 spiro atoms. The third-order valence-electron chi connectivity index (χ3n) is 3.93. The molecule has 0 aliphatic heterocycles. The lowest BCUT2D eigenvalue weighted by molar-refractivity contribution is 0.102. The van der Waals surface area contributed by atoms with Crippen molar-refractivity contribution in [1.82, 2.24) is 0 Å². The Balaban J connectivity index is 2.13. The number of carbonyl (C=O) groups is 1. The number of nitrogens with one attached hydrogen (secondary N) is 1. The number of fused-ring (bicyclic) bond motifs is 1. The van der Waals surface area contributed by atoms with Crippen molar-refractivity contribution in [2.45, 2.75) is 11.8 Å². The molecule has 1 amide bonds. The zero-order valence-corrected chi connectivity index (χ0v) is 14.5. The summed E-state index contributed by atoms with van der Waals surface area (Å²) in [5, 5.41) is 13.1. The minimum absolute atomic E-state index is 0.0854. The highest BCUT2D eigenvalue weighted by Crippen LogP contribution is 2.37. The average Bonchev–Trinajstić information content (AvgIpc) is 2.53. The van der Waals surface area contributed by atoms with Crippen LogP contribution in [-0.2, 0) is 10.1 Å². The highest BCUT2D eigenvalue weighted by atomic mass is 32.2. The second kappa shape index (κ2) is 6.32. The Hall–Kier alpha value is -3.10. The first-order valence-electron chi connectivity index (χ1n) is 7.58. The van der Waals surface area contributed by atoms with Gasteiger partial charge in [-0.3, -0.25) is 9.35 Å². The summed E-state index contributed by atoms with van der Waals surface area (Å²) >= 11 is 0. The Labute approximate surface area is 149 Å². The Bertz CT molecular complexity index is 1140. The number of hydrogen-bond acceptors (Lipinski definition) is 5. The van der Waals surface area contributed by atoms with Crippen LogP contribution in [0.1, 0.15) is 15.9 Å². The van der Waals surface area contributed by atoms with Crippen LogP contribution in [0.3, 0.4) is 0 Å². The average molecular weight is 372 g/mol. The van der Waals surface area contributed by atoms with Crippen LogP contribution in [0.25, 0.3) is 10.8 Å². The summed E-state index contributed by atoms with van der Waals surface area (Å²) in [4.78, 5) is 11.9. The van der Waals surface area contributed by atoms with Gasteiger partial charge in [0.1, 0.15) is 10.6 Å². The van der Waals surface area contributed by atoms with E-state index in [0.717, 1.165) is 11.6 Å². The van der Waals surface area contributed by atoms with Crippen molar-refractivity contribution in [3.63, 3.8) is 0 Å². The maximum Gasteiger partial charge on any atom is 0.298 e. The molecule has 3 rings (SSSR count). The third kappa shape index (κ3) is 3.19. The van der Waals surface area contributed by atoms with Gasteiger partial charge in [-0.05, 0) is 24.6 Å². The molecule has 3 aromatic rings. The second-order valence-corrected chi connectivity index (χ2v) is 7.20. The molecule has 5 N–H and O–H groups in total. The Morgan fingerprint density at radius 1 is 1.08 bits per heavy atom. The molecule has 7 nitrogen and oxygen atoms in total. The highest BCUT2D eigenvalue weighted by Gasteiger charge is 2.22. The third-order valence-corrected chi connectivity index (χ3v) is 4.88. The maximum atomic E-state index is 12.5. The van der Waals surface area contributed by atoms with Crippen LogP contribution in [0, 0.1) is 6.92 Å². The van der Waals surface area contributed by atoms with Crippen LogP contribution in [-0.4, -0.2) is 24.0 Å². The van der Waals surface area contributed by atoms with Gasteiger partial charge in [0.15, 0.2) is 0 Å². The van der Waals surface area contributed by atoms with E-state index in [1.54, 1.807) is 36.4 Å². The van der Waals surface area contributed by atoms with Gasteiger partial charge in [0.05, 0.1) is 11.3 Å². The summed E-state index contributed by atoms with van der Waals surface area (Å²) in [6.45, 7) is 1.84. The first kappa shape index (κ1) is 17.7. The lowest BCUT2D eigenvalue weighted by Crippen LogP contribution is -2.14. The zero-order chi connectivity index (χ0) is 19.1. The Morgan fingerprint density at radius 2 is 1.73 bits per heavy atom. The van der Waals surface area contributed by atoms with Crippen molar-refractivity contribution in [1.29, 1.82) is 0 Å². The summed E-state index contributed by atoms with van der Waals surface area (Å²) in [5.41, 5.74) is 7.51. The first-order valence-corrected chi connectivity index (χ1v) is 9.02. The van der Waals surface area contributed by atoms with Crippen molar-refractivity contribution >= 4 is 38.2 Å². The summed E-state index contributed by atoms with van der Waals surface area (Å²) < 4.78 is 32.6. The van der Waals surface area contributed by atoms with E-state index >= 15 is 0 Å². The van der Waals surface area contributed by atoms with E-state index in [1.807, 2.05) is 6.92 Å². The largest absolute Gasteiger partial charge is 0.506 e. The van der Waals surface area contributed by atoms with Gasteiger partial charge in [0.2, 0.25) is 0 Å². The zero-order valence-electron chi connectivity index (χ0n) is 13.7. The normalized spacial score (nSPS) is 11.5. The molecule has 0 aliphatic carbocycles. The quantitative estimate of drug-likeness (QED) is 0.413. The van der Waals surface area contributed by atoms with E-state index < -0.39 is 26.7 Å². The van der Waals surface area contributed by atoms with Crippen LogP contribution in [0.15, 0.2) is 53.4 Å². The Kier molecular flexibility index (Phi) is 4.31. The van der Waals surface area contributed by atoms with Gasteiger partial charge in [-0.15, -0.1) is 0 Å². The smallest absolute Gasteiger partial charge is 0.298 e. The number of hydrogen-bond donors (Lipinski definition) is 4. The number of aryl methyl sites for hydroxylation is 1. The summed E-state index contributed by atoms with van der Waals surface area (Å²) in [6, 6.07) is 12.2. The molecule has 0 bridgehead atoms. The van der Waals surface area contributed by atoms with Gasteiger partial charge in [-0.1, -0.05) is 30.3 Å². The van der Waals surface area contributed by atoms with Crippen LogP contribution < -0.4 is 11.1 Å². The number of phenolic OH excluding ortho intramolecular Hbond substituents is 1. The topological polar surface area (TPSA) is 130 Å². The number of anilines is 2. The molecule has 26 heavy (non-hydrogen) atoms. The number of phenols is 1. The molecule has 0 unspecified atom stereocenters. The van der Waals surface area contributed by atoms with Crippen molar-refractivity contribution in [3.8, 4) is 5.75 Å². The summed E-state index contributed by atoms with van der Waals surface area (Å²) in [6.07, 6.45) is 0. The molecule has 0 saturated heterocycles. The minimum Gasteiger partial charge on any atom is -0.506 e. The molecule has 0 aliphatic rings. The van der Waals surface area contributed by atoms with Gasteiger partial charge in [-0.25, -0.2) is 0 Å². The van der Waals surface area contributed by atoms with Crippen molar-refractivity contribution in [2.75, 3.05) is 11.1 Å². The van der Waals surface area contributed by atoms with Gasteiger partial charge in [-0.2, -0.15) is 8.42 Å². The molecule has 134 valence electrons. The fourth-order valence-electron chi connectivity index (χ4n) is 2.79. The number of nitrogen functional groups attached to an aromatic ring is 1. The van der Waals surface area contributed by atoms with Crippen LogP contribution in [0.5, 0.6) is 5.75 Å². The second-order valence-electron chi connectivity index (χ2n) is 5.84. The molecule has 3 aromatic carbocycles. The number of nitrogens with two attached hydrogens (primary N) is 1. The van der Waals surface area contributed by atoms with Gasteiger partial charge >= 0.3 is 0 Å². The van der Waals surface area contributed by atoms with E-state index in [9.17, 15) is 22.9 Å². The number of benzene rings is 3. The molecule has 0 atom stereocenters. The highest BCUT2D eigenvalue weighted by molar-refractivity contribution is 7.86. The summed E-state index contributed by atoms with van der Waals surface area (Å²) in [7, 11) is -4.65. The van der Waals surface area contributed by atoms with Crippen molar-refractivity contribution < 1.29 is 22.9 Å². The summed E-state index contributed by atoms with van der Waals surface area (Å²) in [5.74, 6) is -1.18. The maximum absolute atomic E-state index is 12.5. The number of rotatable bonds is 3. The number of amides is 1. The Morgan fingerprint density at radius 3 is 2.35 bits per heavy atom. The van der Waals surface area contributed by atoms with E-state index in [2.05, 4.69) is 5.32 Å². The molecule has 0 aromatic heterocycles. The predicted molar refractivity (Wildman–Crippen MR) is 99.0 cm³/mol. The number of aromatic hydroxyl groups is 1. The number of carbonyl (C=O) groups excluding carboxylic acids is 1. The molecule has 0 fully saturated rings. The lowest BCUT2D eigenvalue weighted by atomic mass is 10.1. The molecule has 0 saturated carbocycles. The predicted octanol–water partition coefficient (Wildman–Crippen LogP) is 2.94. The first-order chi connectivity index (χ1) is 12.2. The monoisotopic (exact) mass is 372 g/mol. The molecule has 0 heterocycles. The van der Waals surface area contributed by atoms with Crippen molar-refractivity contribution in [2.24, 2.45) is 0 Å². The molecular weight excluding hydrogens is 356 g/mol. The van der Waals surface area contributed by atoms with E-state index in [0.29, 0.717) is 11.1 Å². The van der Waals surface area contributed by atoms with Gasteiger partial charge in [0.25, 0.3) is 16.0 Å². The molecule has 8 heteroatoms. The molecule has 0 radical (unpaired) electrons. The van der Waals surface area contributed by atoms with E-state index in [-0.39, 0.29) is 16.6 Å². The van der Waals surface area contributed by atoms with E-state index in [4.69, 9.17) is 5.73 Å². The van der Waals surface area contributed by atoms with Crippen LogP contribution in [0.4, 0.5) is 11.4 Å². The van der Waals surface area contributed by atoms with Gasteiger partial charge in [0, 0.05) is 22.5 Å². The fraction of sp³-hybridized carbons (Fsp3) is 0.0556. The van der Waals surface area contributed by atoms with E-state index in [1.165, 1.54) is 6.07 Å². The SMILES string of the molecule is Cc1ccc(C(=O)Nc2cc(O)c(S(=O)(=O)O)c3ccccc23)c(N)c1. The van der Waals surface area contributed by atoms with Crippen LogP contribution in [0.2, 0.25) is 0 Å². The van der Waals surface area contributed by atoms with Crippen LogP contribution >= 0.6 is 0 Å². The lowest BCUT2D eigenvalue weighted by Gasteiger charge is -2.13. The standard InChI is InChI=1S/C18H16N2O5S/c1-10-6-7-13(14(19)8-10)18(22)20-15-9-16(21)17(26(23,24)25)12-5-3-2-4-11(12)15/h2-9,21H,19H2,1H3,(H,20,22)(H,23,24,25). The molecular formula is C18H16N2O5S. The van der Waals surface area contributed by atoms with Crippen molar-refractivity contribution in [3.05, 3.63) is 59.7 Å². The van der Waals surface area contributed by atoms with Gasteiger partial charge < -0.3 is 16.2 Å². The minimum atomic E-state index is -4.65.